The van der Waals surface area contributed by atoms with E-state index in [0.29, 0.717) is 16.5 Å². The Hall–Kier alpha value is -2.17. The summed E-state index contributed by atoms with van der Waals surface area (Å²) in [4.78, 5) is 24.2. The molecule has 1 aliphatic rings. The summed E-state index contributed by atoms with van der Waals surface area (Å²) in [5, 5.41) is 10.5. The second-order valence-electron chi connectivity index (χ2n) is 5.88. The van der Waals surface area contributed by atoms with Crippen LogP contribution in [0.2, 0.25) is 0 Å². The van der Waals surface area contributed by atoms with E-state index in [1.807, 2.05) is 6.07 Å². The van der Waals surface area contributed by atoms with Crippen LogP contribution in [-0.4, -0.2) is 22.1 Å². The number of carbonyl (C=O) groups is 1. The lowest BCUT2D eigenvalue weighted by Crippen LogP contribution is -2.38. The molecule has 0 radical (unpaired) electrons. The van der Waals surface area contributed by atoms with Crippen molar-refractivity contribution in [3.8, 4) is 0 Å². The van der Waals surface area contributed by atoms with E-state index in [1.54, 1.807) is 18.2 Å². The van der Waals surface area contributed by atoms with Crippen molar-refractivity contribution < 1.29 is 4.79 Å². The van der Waals surface area contributed by atoms with Gasteiger partial charge in [0.25, 0.3) is 11.5 Å². The molecule has 3 rings (SSSR count). The summed E-state index contributed by atoms with van der Waals surface area (Å²) >= 11 is 0. The molecule has 1 aromatic heterocycles. The van der Waals surface area contributed by atoms with Gasteiger partial charge in [0, 0.05) is 11.4 Å². The molecule has 1 fully saturated rings. The van der Waals surface area contributed by atoms with Crippen LogP contribution in [0.5, 0.6) is 0 Å². The number of rotatable bonds is 2. The number of nitrogens with one attached hydrogen (secondary N) is 2. The largest absolute Gasteiger partial charge is 0.348 e. The first-order valence-electron chi connectivity index (χ1n) is 7.43. The van der Waals surface area contributed by atoms with Crippen molar-refractivity contribution in [2.45, 2.75) is 38.6 Å². The number of amides is 1. The predicted octanol–water partition coefficient (Wildman–Crippen LogP) is 2.23. The third kappa shape index (κ3) is 2.82. The smallest absolute Gasteiger partial charge is 0.272 e. The van der Waals surface area contributed by atoms with Gasteiger partial charge in [0.05, 0.1) is 5.39 Å². The van der Waals surface area contributed by atoms with Crippen molar-refractivity contribution in [1.82, 2.24) is 15.5 Å². The molecule has 2 N–H and O–H groups in total. The fraction of sp³-hybridized carbons (Fsp3) is 0.438. The van der Waals surface area contributed by atoms with Crippen molar-refractivity contribution >= 4 is 16.7 Å². The molecule has 1 amide bonds. The molecule has 1 saturated carbocycles. The summed E-state index contributed by atoms with van der Waals surface area (Å²) in [6.45, 7) is 2.25. The predicted molar refractivity (Wildman–Crippen MR) is 81.2 cm³/mol. The highest BCUT2D eigenvalue weighted by Crippen LogP contribution is 2.23. The number of nitrogens with zero attached hydrogens (tertiary/aromatic N) is 1. The molecule has 2 aromatic rings. The van der Waals surface area contributed by atoms with Crippen LogP contribution in [-0.2, 0) is 0 Å². The highest BCUT2D eigenvalue weighted by molar-refractivity contribution is 6.04. The van der Waals surface area contributed by atoms with Crippen molar-refractivity contribution in [3.63, 3.8) is 0 Å². The molecule has 0 unspecified atom stereocenters. The van der Waals surface area contributed by atoms with Crippen LogP contribution >= 0.6 is 0 Å². The molecule has 1 aliphatic carbocycles. The number of hydrogen-bond donors (Lipinski definition) is 2. The van der Waals surface area contributed by atoms with E-state index in [4.69, 9.17) is 0 Å². The molecule has 0 aliphatic heterocycles. The molecule has 0 spiro atoms. The van der Waals surface area contributed by atoms with Crippen LogP contribution in [0.1, 0.15) is 43.1 Å². The van der Waals surface area contributed by atoms with Gasteiger partial charge in [-0.1, -0.05) is 25.1 Å². The van der Waals surface area contributed by atoms with E-state index in [2.05, 4.69) is 22.4 Å². The maximum atomic E-state index is 12.4. The first kappa shape index (κ1) is 13.8. The average molecular weight is 285 g/mol. The van der Waals surface area contributed by atoms with Crippen LogP contribution in [0.15, 0.2) is 29.1 Å². The second-order valence-corrected chi connectivity index (χ2v) is 5.88. The van der Waals surface area contributed by atoms with Crippen molar-refractivity contribution in [3.05, 3.63) is 40.3 Å². The van der Waals surface area contributed by atoms with E-state index in [9.17, 15) is 9.59 Å². The molecule has 21 heavy (non-hydrogen) atoms. The molecule has 5 heteroatoms. The molecular weight excluding hydrogens is 266 g/mol. The number of hydrogen-bond acceptors (Lipinski definition) is 3. The molecule has 1 heterocycles. The Bertz CT molecular complexity index is 715. The Morgan fingerprint density at radius 3 is 2.57 bits per heavy atom. The Kier molecular flexibility index (Phi) is 3.73. The molecular formula is C16H19N3O2. The fourth-order valence-corrected chi connectivity index (χ4v) is 2.95. The summed E-state index contributed by atoms with van der Waals surface area (Å²) < 4.78 is 0. The van der Waals surface area contributed by atoms with Gasteiger partial charge >= 0.3 is 0 Å². The van der Waals surface area contributed by atoms with Crippen LogP contribution < -0.4 is 10.9 Å². The zero-order valence-corrected chi connectivity index (χ0v) is 12.1. The zero-order valence-electron chi connectivity index (χ0n) is 12.1. The quantitative estimate of drug-likeness (QED) is 0.888. The first-order chi connectivity index (χ1) is 10.1. The van der Waals surface area contributed by atoms with Gasteiger partial charge < -0.3 is 5.32 Å². The lowest BCUT2D eigenvalue weighted by atomic mass is 9.87. The van der Waals surface area contributed by atoms with E-state index in [-0.39, 0.29) is 17.5 Å². The molecule has 5 nitrogen and oxygen atoms in total. The Morgan fingerprint density at radius 1 is 1.19 bits per heavy atom. The van der Waals surface area contributed by atoms with Gasteiger partial charge in [-0.25, -0.2) is 5.10 Å². The number of H-pyrrole nitrogens is 1. The molecule has 0 bridgehead atoms. The number of benzene rings is 1. The molecule has 110 valence electrons. The van der Waals surface area contributed by atoms with Crippen molar-refractivity contribution in [2.24, 2.45) is 5.92 Å². The lowest BCUT2D eigenvalue weighted by Gasteiger charge is -2.26. The minimum Gasteiger partial charge on any atom is -0.348 e. The Morgan fingerprint density at radius 2 is 1.86 bits per heavy atom. The van der Waals surface area contributed by atoms with Gasteiger partial charge in [-0.15, -0.1) is 0 Å². The highest BCUT2D eigenvalue weighted by atomic mass is 16.2. The minimum atomic E-state index is -0.270. The monoisotopic (exact) mass is 285 g/mol. The number of carbonyl (C=O) groups excluding carboxylic acids is 1. The molecule has 0 saturated heterocycles. The fourth-order valence-electron chi connectivity index (χ4n) is 2.95. The van der Waals surface area contributed by atoms with E-state index in [0.717, 1.165) is 31.6 Å². The third-order valence-electron chi connectivity index (χ3n) is 4.26. The minimum absolute atomic E-state index is 0.206. The summed E-state index contributed by atoms with van der Waals surface area (Å²) in [6.07, 6.45) is 4.30. The third-order valence-corrected chi connectivity index (χ3v) is 4.26. The Balaban J connectivity index is 1.85. The topological polar surface area (TPSA) is 74.8 Å². The normalized spacial score (nSPS) is 22.1. The number of aromatic amines is 1. The van der Waals surface area contributed by atoms with Crippen LogP contribution in [0.4, 0.5) is 0 Å². The first-order valence-corrected chi connectivity index (χ1v) is 7.43. The van der Waals surface area contributed by atoms with E-state index in [1.165, 1.54) is 0 Å². The molecule has 1 aromatic carbocycles. The average Bonchev–Trinajstić information content (AvgIpc) is 2.50. The molecule has 0 atom stereocenters. The number of aromatic nitrogens is 2. The van der Waals surface area contributed by atoms with Crippen molar-refractivity contribution in [1.29, 1.82) is 0 Å². The van der Waals surface area contributed by atoms with Gasteiger partial charge in [0.2, 0.25) is 0 Å². The number of fused-ring (bicyclic) bond motifs is 1. The lowest BCUT2D eigenvalue weighted by molar-refractivity contribution is 0.0918. The highest BCUT2D eigenvalue weighted by Gasteiger charge is 2.22. The summed E-state index contributed by atoms with van der Waals surface area (Å²) in [5.41, 5.74) is 0.0254. The second kappa shape index (κ2) is 5.68. The van der Waals surface area contributed by atoms with Crippen LogP contribution in [0.3, 0.4) is 0 Å². The summed E-state index contributed by atoms with van der Waals surface area (Å²) in [6, 6.07) is 7.26. The zero-order chi connectivity index (χ0) is 14.8. The van der Waals surface area contributed by atoms with Gasteiger partial charge in [-0.3, -0.25) is 9.59 Å². The van der Waals surface area contributed by atoms with Gasteiger partial charge in [0.1, 0.15) is 0 Å². The van der Waals surface area contributed by atoms with E-state index >= 15 is 0 Å². The maximum absolute atomic E-state index is 12.4. The van der Waals surface area contributed by atoms with Gasteiger partial charge in [0.15, 0.2) is 5.69 Å². The van der Waals surface area contributed by atoms with Crippen LogP contribution in [0.25, 0.3) is 10.8 Å². The summed E-state index contributed by atoms with van der Waals surface area (Å²) in [5.74, 6) is 0.534. The van der Waals surface area contributed by atoms with Gasteiger partial charge in [-0.05, 0) is 37.7 Å². The maximum Gasteiger partial charge on any atom is 0.272 e. The standard InChI is InChI=1S/C16H19N3O2/c1-10-6-8-11(9-7-10)17-16(21)14-12-4-2-3-5-13(12)15(20)19-18-14/h2-5,10-11H,6-9H2,1H3,(H,17,21)(H,19,20). The summed E-state index contributed by atoms with van der Waals surface area (Å²) in [7, 11) is 0. The SMILES string of the molecule is CC1CCC(NC(=O)c2n[nH]c(=O)c3ccccc23)CC1. The van der Waals surface area contributed by atoms with Crippen molar-refractivity contribution in [2.75, 3.05) is 0 Å². The Labute approximate surface area is 122 Å². The van der Waals surface area contributed by atoms with Gasteiger partial charge in [-0.2, -0.15) is 5.10 Å². The van der Waals surface area contributed by atoms with E-state index < -0.39 is 0 Å². The van der Waals surface area contributed by atoms with Crippen LogP contribution in [0, 0.1) is 5.92 Å².